The summed E-state index contributed by atoms with van der Waals surface area (Å²) in [5.41, 5.74) is 11.9. The number of hydrogen-bond acceptors (Lipinski definition) is 5. The largest absolute Gasteiger partial charge is 0.322 e. The summed E-state index contributed by atoms with van der Waals surface area (Å²) in [6, 6.07) is -0.693. The van der Waals surface area contributed by atoms with E-state index >= 15 is 0 Å². The lowest BCUT2D eigenvalue weighted by molar-refractivity contribution is 0.442. The standard InChI is InChI=1S/C11H19N3O2S/c12-9-5-1-3-7-11(9,13)17(15,16)10-6-2-4-8-14-10/h1,3,5,7,9-10,14H,2,4,6,8,12-13H2. The summed E-state index contributed by atoms with van der Waals surface area (Å²) in [4.78, 5) is -1.49. The summed E-state index contributed by atoms with van der Waals surface area (Å²) in [7, 11) is -3.53. The van der Waals surface area contributed by atoms with E-state index in [4.69, 9.17) is 11.5 Å². The third-order valence-electron chi connectivity index (χ3n) is 3.44. The molecule has 2 aliphatic rings. The molecule has 0 aromatic heterocycles. The third-order valence-corrected chi connectivity index (χ3v) is 5.99. The Balaban J connectivity index is 2.31. The van der Waals surface area contributed by atoms with Crippen molar-refractivity contribution in [3.63, 3.8) is 0 Å². The number of sulfone groups is 1. The van der Waals surface area contributed by atoms with Gasteiger partial charge in [0.1, 0.15) is 5.37 Å². The van der Waals surface area contributed by atoms with E-state index < -0.39 is 26.1 Å². The number of nitrogens with two attached hydrogens (primary N) is 2. The number of hydrogen-bond donors (Lipinski definition) is 3. The Bertz CT molecular complexity index is 438. The van der Waals surface area contributed by atoms with Gasteiger partial charge in [0.2, 0.25) is 0 Å². The Morgan fingerprint density at radius 2 is 2.06 bits per heavy atom. The maximum atomic E-state index is 12.5. The van der Waals surface area contributed by atoms with Gasteiger partial charge in [0.25, 0.3) is 0 Å². The number of rotatable bonds is 2. The molecule has 0 saturated carbocycles. The van der Waals surface area contributed by atoms with E-state index in [0.717, 1.165) is 19.4 Å². The van der Waals surface area contributed by atoms with Crippen molar-refractivity contribution >= 4 is 9.84 Å². The SMILES string of the molecule is NC1C=CC=CC1(N)S(=O)(=O)C1CCCCN1. The zero-order valence-electron chi connectivity index (χ0n) is 9.67. The summed E-state index contributed by atoms with van der Waals surface area (Å²) in [5, 5.41) is 2.44. The molecule has 1 heterocycles. The van der Waals surface area contributed by atoms with Crippen molar-refractivity contribution in [2.24, 2.45) is 11.5 Å². The van der Waals surface area contributed by atoms with Crippen molar-refractivity contribution in [2.75, 3.05) is 6.54 Å². The second kappa shape index (κ2) is 4.53. The second-order valence-corrected chi connectivity index (χ2v) is 6.97. The molecule has 96 valence electrons. The zero-order valence-corrected chi connectivity index (χ0v) is 10.5. The molecule has 1 fully saturated rings. The maximum absolute atomic E-state index is 12.5. The molecule has 1 aliphatic heterocycles. The minimum Gasteiger partial charge on any atom is -0.322 e. The third kappa shape index (κ3) is 2.06. The molecular weight excluding hydrogens is 238 g/mol. The van der Waals surface area contributed by atoms with Crippen molar-refractivity contribution in [2.45, 2.75) is 35.5 Å². The van der Waals surface area contributed by atoms with Gasteiger partial charge in [-0.3, -0.25) is 0 Å². The number of nitrogens with one attached hydrogen (secondary N) is 1. The van der Waals surface area contributed by atoms with Crippen LogP contribution in [0, 0.1) is 0 Å². The molecule has 0 aromatic rings. The van der Waals surface area contributed by atoms with E-state index in [-0.39, 0.29) is 0 Å². The molecule has 6 heteroatoms. The average molecular weight is 257 g/mol. The Kier molecular flexibility index (Phi) is 3.40. The van der Waals surface area contributed by atoms with Crippen LogP contribution in [0.5, 0.6) is 0 Å². The molecule has 0 spiro atoms. The highest BCUT2D eigenvalue weighted by molar-refractivity contribution is 7.93. The van der Waals surface area contributed by atoms with Gasteiger partial charge in [-0.1, -0.05) is 18.2 Å². The first-order valence-electron chi connectivity index (χ1n) is 5.86. The lowest BCUT2D eigenvalue weighted by Gasteiger charge is -2.36. The Labute approximate surface area is 102 Å². The van der Waals surface area contributed by atoms with Crippen LogP contribution in [0.4, 0.5) is 0 Å². The molecule has 3 unspecified atom stereocenters. The van der Waals surface area contributed by atoms with E-state index in [1.165, 1.54) is 6.08 Å². The van der Waals surface area contributed by atoms with Gasteiger partial charge in [0, 0.05) is 0 Å². The molecule has 0 radical (unpaired) electrons. The smallest absolute Gasteiger partial charge is 0.190 e. The lowest BCUT2D eigenvalue weighted by atomic mass is 10.0. The number of piperidine rings is 1. The molecule has 5 N–H and O–H groups in total. The van der Waals surface area contributed by atoms with Gasteiger partial charge in [0.15, 0.2) is 14.7 Å². The first kappa shape index (κ1) is 12.8. The molecule has 3 atom stereocenters. The maximum Gasteiger partial charge on any atom is 0.190 e. The topological polar surface area (TPSA) is 98.2 Å². The van der Waals surface area contributed by atoms with E-state index in [2.05, 4.69) is 5.32 Å². The summed E-state index contributed by atoms with van der Waals surface area (Å²) in [5.74, 6) is 0. The Hall–Kier alpha value is -0.690. The predicted octanol–water partition coefficient (Wildman–Crippen LogP) is -0.391. The molecule has 0 amide bonds. The van der Waals surface area contributed by atoms with E-state index in [0.29, 0.717) is 6.42 Å². The van der Waals surface area contributed by atoms with Crippen molar-refractivity contribution < 1.29 is 8.42 Å². The van der Waals surface area contributed by atoms with Crippen LogP contribution in [0.15, 0.2) is 24.3 Å². The molecule has 2 rings (SSSR count). The van der Waals surface area contributed by atoms with Crippen LogP contribution >= 0.6 is 0 Å². The van der Waals surface area contributed by atoms with Gasteiger partial charge >= 0.3 is 0 Å². The Morgan fingerprint density at radius 3 is 2.65 bits per heavy atom. The van der Waals surface area contributed by atoms with Gasteiger partial charge < -0.3 is 16.8 Å². The highest BCUT2D eigenvalue weighted by Crippen LogP contribution is 2.27. The second-order valence-electron chi connectivity index (χ2n) is 4.61. The fourth-order valence-electron chi connectivity index (χ4n) is 2.27. The zero-order chi connectivity index (χ0) is 12.5. The summed E-state index contributed by atoms with van der Waals surface area (Å²) >= 11 is 0. The molecule has 5 nitrogen and oxygen atoms in total. The van der Waals surface area contributed by atoms with Crippen LogP contribution in [0.1, 0.15) is 19.3 Å². The van der Waals surface area contributed by atoms with E-state index in [9.17, 15) is 8.42 Å². The average Bonchev–Trinajstić information content (AvgIpc) is 2.34. The van der Waals surface area contributed by atoms with E-state index in [1.54, 1.807) is 18.2 Å². The van der Waals surface area contributed by atoms with Crippen LogP contribution in [0.3, 0.4) is 0 Å². The van der Waals surface area contributed by atoms with Crippen molar-refractivity contribution in [1.82, 2.24) is 5.32 Å². The van der Waals surface area contributed by atoms with Crippen molar-refractivity contribution in [3.05, 3.63) is 24.3 Å². The van der Waals surface area contributed by atoms with Crippen LogP contribution in [-0.4, -0.2) is 31.2 Å². The van der Waals surface area contributed by atoms with Crippen LogP contribution in [-0.2, 0) is 9.84 Å². The lowest BCUT2D eigenvalue weighted by Crippen LogP contribution is -2.64. The van der Waals surface area contributed by atoms with E-state index in [1.807, 2.05) is 0 Å². The van der Waals surface area contributed by atoms with Gasteiger partial charge in [0.05, 0.1) is 6.04 Å². The molecular formula is C11H19N3O2S. The molecule has 1 saturated heterocycles. The van der Waals surface area contributed by atoms with Crippen molar-refractivity contribution in [1.29, 1.82) is 0 Å². The highest BCUT2D eigenvalue weighted by atomic mass is 32.2. The minimum absolute atomic E-state index is 0.580. The molecule has 1 aliphatic carbocycles. The predicted molar refractivity (Wildman–Crippen MR) is 67.7 cm³/mol. The highest BCUT2D eigenvalue weighted by Gasteiger charge is 2.47. The summed E-state index contributed by atoms with van der Waals surface area (Å²) in [6.07, 6.45) is 8.99. The van der Waals surface area contributed by atoms with Crippen molar-refractivity contribution in [3.8, 4) is 0 Å². The van der Waals surface area contributed by atoms with Gasteiger partial charge in [-0.2, -0.15) is 0 Å². The van der Waals surface area contributed by atoms with Crippen LogP contribution in [0.2, 0.25) is 0 Å². The monoisotopic (exact) mass is 257 g/mol. The minimum atomic E-state index is -3.53. The quantitative estimate of drug-likeness (QED) is 0.626. The fourth-order valence-corrected chi connectivity index (χ4v) is 4.30. The van der Waals surface area contributed by atoms with Gasteiger partial charge in [-0.05, 0) is 31.9 Å². The fraction of sp³-hybridized carbons (Fsp3) is 0.636. The first-order valence-corrected chi connectivity index (χ1v) is 7.40. The Morgan fingerprint density at radius 1 is 1.29 bits per heavy atom. The normalized spacial score (nSPS) is 38.2. The molecule has 0 bridgehead atoms. The number of allylic oxidation sites excluding steroid dienone is 2. The summed E-state index contributed by atoms with van der Waals surface area (Å²) < 4.78 is 25.0. The van der Waals surface area contributed by atoms with Crippen LogP contribution in [0.25, 0.3) is 0 Å². The first-order chi connectivity index (χ1) is 7.98. The molecule has 0 aromatic carbocycles. The van der Waals surface area contributed by atoms with Gasteiger partial charge in [-0.15, -0.1) is 0 Å². The van der Waals surface area contributed by atoms with Crippen LogP contribution < -0.4 is 16.8 Å². The van der Waals surface area contributed by atoms with Gasteiger partial charge in [-0.25, -0.2) is 8.42 Å². The summed E-state index contributed by atoms with van der Waals surface area (Å²) in [6.45, 7) is 0.717. The molecule has 17 heavy (non-hydrogen) atoms.